The van der Waals surface area contributed by atoms with Gasteiger partial charge in [0.05, 0.1) is 0 Å². The fraction of sp³-hybridized carbons (Fsp3) is 0.706. The molecule has 1 saturated heterocycles. The van der Waals surface area contributed by atoms with Gasteiger partial charge in [0.25, 0.3) is 0 Å². The van der Waals surface area contributed by atoms with Gasteiger partial charge in [-0.1, -0.05) is 6.42 Å². The van der Waals surface area contributed by atoms with E-state index in [1.807, 2.05) is 30.0 Å². The number of anilines is 2. The molecule has 9 heteroatoms. The highest BCUT2D eigenvalue weighted by molar-refractivity contribution is 5.85. The Bertz CT molecular complexity index is 580. The summed E-state index contributed by atoms with van der Waals surface area (Å²) in [5, 5.41) is 0. The Morgan fingerprint density at radius 1 is 1.23 bits per heavy atom. The van der Waals surface area contributed by atoms with E-state index < -0.39 is 0 Å². The van der Waals surface area contributed by atoms with Gasteiger partial charge in [-0.05, 0) is 31.4 Å². The van der Waals surface area contributed by atoms with E-state index in [9.17, 15) is 4.79 Å². The summed E-state index contributed by atoms with van der Waals surface area (Å²) in [5.74, 6) is 2.46. The fourth-order valence-electron chi connectivity index (χ4n) is 3.77. The summed E-state index contributed by atoms with van der Waals surface area (Å²) in [5.41, 5.74) is 5.83. The van der Waals surface area contributed by atoms with E-state index in [-0.39, 0.29) is 30.7 Å². The van der Waals surface area contributed by atoms with Crippen LogP contribution in [0.1, 0.15) is 19.3 Å². The van der Waals surface area contributed by atoms with E-state index in [1.165, 1.54) is 0 Å². The van der Waals surface area contributed by atoms with Gasteiger partial charge in [0.1, 0.15) is 5.82 Å². The number of nitrogens with zero attached hydrogens (tertiary/aromatic N) is 5. The number of carbonyl (C=O) groups is 1. The minimum Gasteiger partial charge on any atom is -0.353 e. The largest absolute Gasteiger partial charge is 0.353 e. The lowest BCUT2D eigenvalue weighted by Gasteiger charge is -2.37. The molecule has 0 aromatic carbocycles. The van der Waals surface area contributed by atoms with E-state index in [2.05, 4.69) is 14.9 Å². The zero-order valence-electron chi connectivity index (χ0n) is 15.5. The van der Waals surface area contributed by atoms with E-state index in [4.69, 9.17) is 5.73 Å². The van der Waals surface area contributed by atoms with Gasteiger partial charge in [-0.15, -0.1) is 24.8 Å². The van der Waals surface area contributed by atoms with Crippen molar-refractivity contribution in [2.45, 2.75) is 19.3 Å². The smallest absolute Gasteiger partial charge is 0.226 e. The molecule has 1 aliphatic heterocycles. The molecule has 2 aliphatic rings. The van der Waals surface area contributed by atoms with Crippen LogP contribution in [0.5, 0.6) is 0 Å². The first-order chi connectivity index (χ1) is 11.6. The van der Waals surface area contributed by atoms with Crippen molar-refractivity contribution in [3.63, 3.8) is 0 Å². The third kappa shape index (κ3) is 4.90. The highest BCUT2D eigenvalue weighted by Crippen LogP contribution is 2.32. The second-order valence-corrected chi connectivity index (χ2v) is 6.95. The summed E-state index contributed by atoms with van der Waals surface area (Å²) in [6.07, 6.45) is 5.02. The summed E-state index contributed by atoms with van der Waals surface area (Å²) >= 11 is 0. The maximum atomic E-state index is 12.8. The van der Waals surface area contributed by atoms with E-state index in [0.717, 1.165) is 51.3 Å². The number of hydrogen-bond acceptors (Lipinski definition) is 6. The quantitative estimate of drug-likeness (QED) is 0.816. The molecule has 0 unspecified atom stereocenters. The third-order valence-electron chi connectivity index (χ3n) is 5.22. The molecular formula is C17H30Cl2N6O. The average molecular weight is 405 g/mol. The molecule has 2 heterocycles. The SMILES string of the molecule is CN(C)c1nccc(N2CCN(C(=O)[C@@H]3CCC[C@@H]3CN)CC2)n1.Cl.Cl. The van der Waals surface area contributed by atoms with Crippen molar-refractivity contribution in [2.75, 3.05) is 56.6 Å². The minimum absolute atomic E-state index is 0. The number of aromatic nitrogens is 2. The van der Waals surface area contributed by atoms with Crippen molar-refractivity contribution >= 4 is 42.5 Å². The molecular weight excluding hydrogens is 375 g/mol. The molecule has 1 amide bonds. The number of amides is 1. The van der Waals surface area contributed by atoms with Gasteiger partial charge in [-0.2, -0.15) is 4.98 Å². The molecule has 0 spiro atoms. The summed E-state index contributed by atoms with van der Waals surface area (Å²) in [6.45, 7) is 3.78. The van der Waals surface area contributed by atoms with Crippen LogP contribution in [-0.4, -0.2) is 67.6 Å². The summed E-state index contributed by atoms with van der Waals surface area (Å²) in [7, 11) is 3.87. The van der Waals surface area contributed by atoms with E-state index in [0.29, 0.717) is 24.3 Å². The van der Waals surface area contributed by atoms with Crippen LogP contribution in [0.3, 0.4) is 0 Å². The second kappa shape index (κ2) is 10.1. The predicted octanol–water partition coefficient (Wildman–Crippen LogP) is 1.41. The lowest BCUT2D eigenvalue weighted by atomic mass is 9.94. The molecule has 148 valence electrons. The number of rotatable bonds is 4. The maximum absolute atomic E-state index is 12.8. The van der Waals surface area contributed by atoms with Gasteiger partial charge in [0.15, 0.2) is 0 Å². The molecule has 7 nitrogen and oxygen atoms in total. The van der Waals surface area contributed by atoms with Crippen LogP contribution in [0.4, 0.5) is 11.8 Å². The average Bonchev–Trinajstić information content (AvgIpc) is 3.10. The Balaban J connectivity index is 0.00000169. The minimum atomic E-state index is 0. The Morgan fingerprint density at radius 3 is 2.54 bits per heavy atom. The Kier molecular flexibility index (Phi) is 8.86. The number of hydrogen-bond donors (Lipinski definition) is 1. The monoisotopic (exact) mass is 404 g/mol. The van der Waals surface area contributed by atoms with Crippen LogP contribution in [-0.2, 0) is 4.79 Å². The first-order valence-electron chi connectivity index (χ1n) is 8.84. The molecule has 2 atom stereocenters. The standard InChI is InChI=1S/C17H28N6O.2ClH/c1-21(2)17-19-7-6-15(20-17)22-8-10-23(11-9-22)16(24)14-5-3-4-13(14)12-18;;/h6-7,13-14H,3-5,8-12,18H2,1-2H3;2*1H/t13-,14-;;/m1../s1. The lowest BCUT2D eigenvalue weighted by molar-refractivity contribution is -0.136. The highest BCUT2D eigenvalue weighted by Gasteiger charge is 2.35. The maximum Gasteiger partial charge on any atom is 0.226 e. The van der Waals surface area contributed by atoms with Crippen molar-refractivity contribution in [1.29, 1.82) is 0 Å². The predicted molar refractivity (Wildman–Crippen MR) is 110 cm³/mol. The van der Waals surface area contributed by atoms with Gasteiger partial charge in [0.2, 0.25) is 11.9 Å². The van der Waals surface area contributed by atoms with E-state index >= 15 is 0 Å². The summed E-state index contributed by atoms with van der Waals surface area (Å²) in [4.78, 5) is 27.8. The van der Waals surface area contributed by atoms with Crippen LogP contribution in [0.2, 0.25) is 0 Å². The van der Waals surface area contributed by atoms with Crippen molar-refractivity contribution in [3.8, 4) is 0 Å². The van der Waals surface area contributed by atoms with Crippen molar-refractivity contribution in [1.82, 2.24) is 14.9 Å². The Morgan fingerprint density at radius 2 is 1.92 bits per heavy atom. The molecule has 3 rings (SSSR count). The van der Waals surface area contributed by atoms with Crippen LogP contribution < -0.4 is 15.5 Å². The van der Waals surface area contributed by atoms with Crippen LogP contribution in [0.25, 0.3) is 0 Å². The first kappa shape index (κ1) is 22.7. The topological polar surface area (TPSA) is 78.6 Å². The Labute approximate surface area is 168 Å². The van der Waals surface area contributed by atoms with Gasteiger partial charge < -0.3 is 20.4 Å². The summed E-state index contributed by atoms with van der Waals surface area (Å²) in [6, 6.07) is 1.94. The third-order valence-corrected chi connectivity index (χ3v) is 5.22. The molecule has 2 fully saturated rings. The highest BCUT2D eigenvalue weighted by atomic mass is 35.5. The number of nitrogens with two attached hydrogens (primary N) is 1. The summed E-state index contributed by atoms with van der Waals surface area (Å²) < 4.78 is 0. The van der Waals surface area contributed by atoms with Gasteiger partial charge in [-0.25, -0.2) is 4.98 Å². The van der Waals surface area contributed by atoms with Crippen molar-refractivity contribution < 1.29 is 4.79 Å². The van der Waals surface area contributed by atoms with Gasteiger partial charge in [-0.3, -0.25) is 4.79 Å². The Hall–Kier alpha value is -1.31. The first-order valence-corrected chi connectivity index (χ1v) is 8.84. The molecule has 1 aromatic rings. The number of halogens is 2. The molecule has 0 bridgehead atoms. The van der Waals surface area contributed by atoms with Gasteiger partial charge in [0, 0.05) is 52.4 Å². The zero-order chi connectivity index (χ0) is 17.1. The molecule has 26 heavy (non-hydrogen) atoms. The van der Waals surface area contributed by atoms with Crippen LogP contribution in [0, 0.1) is 11.8 Å². The lowest BCUT2D eigenvalue weighted by Crippen LogP contribution is -2.51. The van der Waals surface area contributed by atoms with Gasteiger partial charge >= 0.3 is 0 Å². The normalized spacial score (nSPS) is 22.4. The number of piperazine rings is 1. The molecule has 1 aliphatic carbocycles. The van der Waals surface area contributed by atoms with Crippen molar-refractivity contribution in [3.05, 3.63) is 12.3 Å². The fourth-order valence-corrected chi connectivity index (χ4v) is 3.77. The van der Waals surface area contributed by atoms with Crippen LogP contribution >= 0.6 is 24.8 Å². The molecule has 0 radical (unpaired) electrons. The van der Waals surface area contributed by atoms with Crippen LogP contribution in [0.15, 0.2) is 12.3 Å². The molecule has 1 saturated carbocycles. The molecule has 2 N–H and O–H groups in total. The van der Waals surface area contributed by atoms with Crippen molar-refractivity contribution in [2.24, 2.45) is 17.6 Å². The zero-order valence-corrected chi connectivity index (χ0v) is 17.1. The molecule has 1 aromatic heterocycles. The van der Waals surface area contributed by atoms with E-state index in [1.54, 1.807) is 6.20 Å². The number of carbonyl (C=O) groups excluding carboxylic acids is 1. The second-order valence-electron chi connectivity index (χ2n) is 6.95.